The van der Waals surface area contributed by atoms with Crippen molar-refractivity contribution in [2.75, 3.05) is 16.7 Å². The van der Waals surface area contributed by atoms with Gasteiger partial charge in [0, 0.05) is 6.07 Å². The van der Waals surface area contributed by atoms with E-state index in [1.807, 2.05) is 26.0 Å². The Morgan fingerprint density at radius 3 is 2.33 bits per heavy atom. The van der Waals surface area contributed by atoms with Crippen LogP contribution in [0, 0.1) is 0 Å². The van der Waals surface area contributed by atoms with Gasteiger partial charge in [-0.1, -0.05) is 26.0 Å². The number of hydrogen-bond acceptors (Lipinski definition) is 4. The summed E-state index contributed by atoms with van der Waals surface area (Å²) in [5, 5.41) is 2.60. The smallest absolute Gasteiger partial charge is 0.340 e. The van der Waals surface area contributed by atoms with Crippen molar-refractivity contribution >= 4 is 27.4 Å². The number of hydrogen-bond donors (Lipinski definition) is 1. The van der Waals surface area contributed by atoms with Crippen LogP contribution in [0.1, 0.15) is 25.3 Å². The molecule has 0 saturated carbocycles. The number of urea groups is 1. The number of nitrogens with zero attached hydrogens (tertiary/aromatic N) is 1. The number of anilines is 2. The Labute approximate surface area is 141 Å². The molecule has 0 spiro atoms. The molecule has 0 unspecified atom stereocenters. The van der Waals surface area contributed by atoms with Gasteiger partial charge in [0.1, 0.15) is 10.6 Å². The fourth-order valence-electron chi connectivity index (χ4n) is 2.58. The summed E-state index contributed by atoms with van der Waals surface area (Å²) >= 11 is 0. The molecule has 126 valence electrons. The van der Waals surface area contributed by atoms with Crippen molar-refractivity contribution in [2.45, 2.75) is 24.7 Å². The van der Waals surface area contributed by atoms with Gasteiger partial charge >= 0.3 is 6.03 Å². The maximum Gasteiger partial charge on any atom is 0.340 e. The lowest BCUT2D eigenvalue weighted by Crippen LogP contribution is -2.44. The Hall–Kier alpha value is -2.54. The van der Waals surface area contributed by atoms with Crippen LogP contribution in [0.25, 0.3) is 0 Å². The predicted molar refractivity (Wildman–Crippen MR) is 92.2 cm³/mol. The number of nitrogens with one attached hydrogen (secondary N) is 1. The van der Waals surface area contributed by atoms with E-state index in [4.69, 9.17) is 4.74 Å². The standard InChI is InChI=1S/C17H18N2O4S/c1-11(2)12-4-6-13(7-5-12)19-17(20)18-15-10-14(23-3)8-9-16(15)24(19,21)22/h4-11H,1-3H3,(H,18,20). The minimum Gasteiger partial charge on any atom is -0.497 e. The van der Waals surface area contributed by atoms with Gasteiger partial charge < -0.3 is 10.1 Å². The minimum absolute atomic E-state index is 0.0378. The number of fused-ring (bicyclic) bond motifs is 1. The number of carbonyl (C=O) groups is 1. The molecule has 0 aromatic heterocycles. The second-order valence-electron chi connectivity index (χ2n) is 5.81. The summed E-state index contributed by atoms with van der Waals surface area (Å²) in [6, 6.07) is 10.7. The molecule has 0 bridgehead atoms. The summed E-state index contributed by atoms with van der Waals surface area (Å²) in [6.07, 6.45) is 0. The summed E-state index contributed by atoms with van der Waals surface area (Å²) in [7, 11) is -2.50. The summed E-state index contributed by atoms with van der Waals surface area (Å²) in [4.78, 5) is 12.4. The van der Waals surface area contributed by atoms with Crippen molar-refractivity contribution in [3.63, 3.8) is 0 Å². The molecule has 0 fully saturated rings. The average molecular weight is 346 g/mol. The van der Waals surface area contributed by atoms with Crippen molar-refractivity contribution in [2.24, 2.45) is 0 Å². The number of benzene rings is 2. The van der Waals surface area contributed by atoms with E-state index in [-0.39, 0.29) is 10.6 Å². The van der Waals surface area contributed by atoms with Crippen LogP contribution >= 0.6 is 0 Å². The Bertz CT molecular complexity index is 889. The number of carbonyl (C=O) groups excluding carboxylic acids is 1. The first-order chi connectivity index (χ1) is 11.3. The van der Waals surface area contributed by atoms with Gasteiger partial charge in [0.05, 0.1) is 18.5 Å². The molecule has 1 aliphatic rings. The Morgan fingerprint density at radius 1 is 1.08 bits per heavy atom. The molecule has 1 aliphatic heterocycles. The largest absolute Gasteiger partial charge is 0.497 e. The van der Waals surface area contributed by atoms with Gasteiger partial charge in [-0.25, -0.2) is 13.2 Å². The Morgan fingerprint density at radius 2 is 1.75 bits per heavy atom. The third-order valence-corrected chi connectivity index (χ3v) is 5.69. The van der Waals surface area contributed by atoms with Crippen molar-refractivity contribution in [1.29, 1.82) is 0 Å². The van der Waals surface area contributed by atoms with Gasteiger partial charge in [-0.2, -0.15) is 4.31 Å². The van der Waals surface area contributed by atoms with Crippen molar-refractivity contribution in [3.05, 3.63) is 48.0 Å². The first kappa shape index (κ1) is 16.3. The molecule has 7 heteroatoms. The van der Waals surface area contributed by atoms with E-state index in [0.29, 0.717) is 17.4 Å². The lowest BCUT2D eigenvalue weighted by atomic mass is 10.0. The lowest BCUT2D eigenvalue weighted by molar-refractivity contribution is 0.259. The highest BCUT2D eigenvalue weighted by atomic mass is 32.2. The molecular weight excluding hydrogens is 328 g/mol. The molecular formula is C17H18N2O4S. The van der Waals surface area contributed by atoms with Crippen LogP contribution < -0.4 is 14.4 Å². The number of ether oxygens (including phenoxy) is 1. The maximum absolute atomic E-state index is 12.9. The van der Waals surface area contributed by atoms with Crippen LogP contribution in [0.4, 0.5) is 16.2 Å². The summed E-state index contributed by atoms with van der Waals surface area (Å²) in [6.45, 7) is 4.09. The van der Waals surface area contributed by atoms with Crippen molar-refractivity contribution < 1.29 is 17.9 Å². The molecule has 24 heavy (non-hydrogen) atoms. The lowest BCUT2D eigenvalue weighted by Gasteiger charge is -2.29. The fourth-order valence-corrected chi connectivity index (χ4v) is 4.07. The zero-order chi connectivity index (χ0) is 17.5. The zero-order valence-electron chi connectivity index (χ0n) is 13.6. The van der Waals surface area contributed by atoms with Crippen LogP contribution in [0.3, 0.4) is 0 Å². The van der Waals surface area contributed by atoms with E-state index in [1.54, 1.807) is 18.2 Å². The van der Waals surface area contributed by atoms with Crippen LogP contribution in [0.2, 0.25) is 0 Å². The molecule has 2 aromatic rings. The summed E-state index contributed by atoms with van der Waals surface area (Å²) in [5.41, 5.74) is 1.59. The van der Waals surface area contributed by atoms with Gasteiger partial charge in [0.25, 0.3) is 10.0 Å². The van der Waals surface area contributed by atoms with Crippen LogP contribution in [-0.4, -0.2) is 21.6 Å². The van der Waals surface area contributed by atoms with Gasteiger partial charge in [0.2, 0.25) is 0 Å². The van der Waals surface area contributed by atoms with E-state index in [1.165, 1.54) is 19.2 Å². The number of methoxy groups -OCH3 is 1. The highest BCUT2D eigenvalue weighted by Gasteiger charge is 2.38. The highest BCUT2D eigenvalue weighted by molar-refractivity contribution is 7.94. The predicted octanol–water partition coefficient (Wildman–Crippen LogP) is 3.56. The number of sulfonamides is 1. The molecule has 0 atom stereocenters. The molecule has 2 amide bonds. The number of rotatable bonds is 3. The summed E-state index contributed by atoms with van der Waals surface area (Å²) < 4.78 is 31.6. The molecule has 1 heterocycles. The second-order valence-corrected chi connectivity index (χ2v) is 7.56. The van der Waals surface area contributed by atoms with Gasteiger partial charge in [-0.05, 0) is 35.7 Å². The molecule has 2 aromatic carbocycles. The molecule has 1 N–H and O–H groups in total. The topological polar surface area (TPSA) is 75.7 Å². The van der Waals surface area contributed by atoms with E-state index in [9.17, 15) is 13.2 Å². The Balaban J connectivity index is 2.07. The summed E-state index contributed by atoms with van der Waals surface area (Å²) in [5.74, 6) is 0.790. The first-order valence-corrected chi connectivity index (χ1v) is 8.93. The van der Waals surface area contributed by atoms with E-state index in [2.05, 4.69) is 5.32 Å². The van der Waals surface area contributed by atoms with E-state index in [0.717, 1.165) is 9.87 Å². The van der Waals surface area contributed by atoms with Crippen molar-refractivity contribution in [1.82, 2.24) is 0 Å². The molecule has 3 rings (SSSR count). The third-order valence-electron chi connectivity index (χ3n) is 3.93. The molecule has 0 aliphatic carbocycles. The molecule has 0 saturated heterocycles. The van der Waals surface area contributed by atoms with Gasteiger partial charge in [-0.3, -0.25) is 0 Å². The second kappa shape index (κ2) is 5.83. The molecule has 6 nitrogen and oxygen atoms in total. The molecule has 0 radical (unpaired) electrons. The monoisotopic (exact) mass is 346 g/mol. The van der Waals surface area contributed by atoms with Gasteiger partial charge in [0.15, 0.2) is 0 Å². The fraction of sp³-hybridized carbons (Fsp3) is 0.235. The number of amides is 2. The average Bonchev–Trinajstić information content (AvgIpc) is 2.54. The van der Waals surface area contributed by atoms with Crippen LogP contribution in [0.5, 0.6) is 5.75 Å². The maximum atomic E-state index is 12.9. The normalized spacial score (nSPS) is 15.8. The minimum atomic E-state index is -3.98. The Kier molecular flexibility index (Phi) is 3.96. The van der Waals surface area contributed by atoms with Gasteiger partial charge in [-0.15, -0.1) is 0 Å². The zero-order valence-corrected chi connectivity index (χ0v) is 14.4. The third kappa shape index (κ3) is 2.60. The SMILES string of the molecule is COc1ccc2c(c1)NC(=O)N(c1ccc(C(C)C)cc1)S2(=O)=O. The van der Waals surface area contributed by atoms with Crippen molar-refractivity contribution in [3.8, 4) is 5.75 Å². The highest BCUT2D eigenvalue weighted by Crippen LogP contribution is 2.36. The van der Waals surface area contributed by atoms with E-state index < -0.39 is 16.1 Å². The first-order valence-electron chi connectivity index (χ1n) is 7.49. The quantitative estimate of drug-likeness (QED) is 0.922. The van der Waals surface area contributed by atoms with Crippen LogP contribution in [0.15, 0.2) is 47.4 Å². The van der Waals surface area contributed by atoms with E-state index >= 15 is 0 Å². The van der Waals surface area contributed by atoms with Crippen LogP contribution in [-0.2, 0) is 10.0 Å².